The van der Waals surface area contributed by atoms with Crippen LogP contribution in [-0.2, 0) is 11.2 Å². The van der Waals surface area contributed by atoms with Gasteiger partial charge in [-0.1, -0.05) is 6.07 Å². The van der Waals surface area contributed by atoms with Gasteiger partial charge in [-0.05, 0) is 48.6 Å². The molecule has 1 aromatic carbocycles. The van der Waals surface area contributed by atoms with E-state index in [0.29, 0.717) is 18.5 Å². The van der Waals surface area contributed by atoms with Crippen molar-refractivity contribution in [2.45, 2.75) is 19.3 Å². The number of nitrogens with one attached hydrogen (secondary N) is 1. The molecule has 1 aromatic heterocycles. The van der Waals surface area contributed by atoms with E-state index in [2.05, 4.69) is 11.4 Å². The lowest BCUT2D eigenvalue weighted by Gasteiger charge is -2.15. The molecule has 2 aromatic rings. The molecule has 22 heavy (non-hydrogen) atoms. The number of thiophene rings is 1. The average molecular weight is 314 g/mol. The fraction of sp³-hybridized carbons (Fsp3) is 0.294. The van der Waals surface area contributed by atoms with E-state index in [1.54, 1.807) is 28.4 Å². The highest BCUT2D eigenvalue weighted by molar-refractivity contribution is 7.09. The summed E-state index contributed by atoms with van der Waals surface area (Å²) in [6.45, 7) is 1.40. The SMILES string of the molecule is O=C(NCCc1cccs1)c1ccc(N2CCCC2=O)cc1. The fourth-order valence-electron chi connectivity index (χ4n) is 2.57. The van der Waals surface area contributed by atoms with Crippen molar-refractivity contribution in [1.29, 1.82) is 0 Å². The average Bonchev–Trinajstić information content (AvgIpc) is 3.19. The maximum Gasteiger partial charge on any atom is 0.251 e. The number of amides is 2. The molecule has 4 nitrogen and oxygen atoms in total. The van der Waals surface area contributed by atoms with Gasteiger partial charge in [0, 0.05) is 35.6 Å². The van der Waals surface area contributed by atoms with Gasteiger partial charge in [0.15, 0.2) is 0 Å². The number of carbonyl (C=O) groups is 2. The zero-order chi connectivity index (χ0) is 15.4. The molecule has 114 valence electrons. The molecule has 1 aliphatic rings. The predicted octanol–water partition coefficient (Wildman–Crippen LogP) is 2.85. The quantitative estimate of drug-likeness (QED) is 0.922. The summed E-state index contributed by atoms with van der Waals surface area (Å²) >= 11 is 1.70. The molecule has 1 fully saturated rings. The Morgan fingerprint density at radius 2 is 2.05 bits per heavy atom. The van der Waals surface area contributed by atoms with Crippen LogP contribution in [0.5, 0.6) is 0 Å². The molecule has 0 unspecified atom stereocenters. The number of carbonyl (C=O) groups excluding carboxylic acids is 2. The first-order valence-electron chi connectivity index (χ1n) is 7.45. The molecule has 0 bridgehead atoms. The van der Waals surface area contributed by atoms with Crippen LogP contribution in [0.3, 0.4) is 0 Å². The molecule has 5 heteroatoms. The van der Waals surface area contributed by atoms with Crippen LogP contribution >= 0.6 is 11.3 Å². The highest BCUT2D eigenvalue weighted by Gasteiger charge is 2.21. The molecule has 0 radical (unpaired) electrons. The Kier molecular flexibility index (Phi) is 4.53. The van der Waals surface area contributed by atoms with Gasteiger partial charge in [-0.25, -0.2) is 0 Å². The third-order valence-corrected chi connectivity index (χ3v) is 4.69. The summed E-state index contributed by atoms with van der Waals surface area (Å²) in [7, 11) is 0. The van der Waals surface area contributed by atoms with Gasteiger partial charge >= 0.3 is 0 Å². The van der Waals surface area contributed by atoms with Crippen LogP contribution in [0.4, 0.5) is 5.69 Å². The van der Waals surface area contributed by atoms with E-state index >= 15 is 0 Å². The minimum atomic E-state index is -0.0733. The lowest BCUT2D eigenvalue weighted by molar-refractivity contribution is -0.117. The second-order valence-corrected chi connectivity index (χ2v) is 6.31. The van der Waals surface area contributed by atoms with Crippen molar-refractivity contribution >= 4 is 28.8 Å². The second-order valence-electron chi connectivity index (χ2n) is 5.28. The van der Waals surface area contributed by atoms with Gasteiger partial charge in [0.05, 0.1) is 0 Å². The van der Waals surface area contributed by atoms with Gasteiger partial charge < -0.3 is 10.2 Å². The topological polar surface area (TPSA) is 49.4 Å². The van der Waals surface area contributed by atoms with Crippen LogP contribution in [0.25, 0.3) is 0 Å². The molecule has 0 aliphatic carbocycles. The maximum absolute atomic E-state index is 12.1. The second kappa shape index (κ2) is 6.75. The monoisotopic (exact) mass is 314 g/mol. The first-order valence-corrected chi connectivity index (χ1v) is 8.33. The summed E-state index contributed by atoms with van der Waals surface area (Å²) in [5.74, 6) is 0.0870. The van der Waals surface area contributed by atoms with Crippen LogP contribution in [0.15, 0.2) is 41.8 Å². The van der Waals surface area contributed by atoms with Crippen molar-refractivity contribution in [1.82, 2.24) is 5.32 Å². The minimum absolute atomic E-state index is 0.0733. The molecule has 0 atom stereocenters. The number of hydrogen-bond acceptors (Lipinski definition) is 3. The van der Waals surface area contributed by atoms with E-state index < -0.39 is 0 Å². The lowest BCUT2D eigenvalue weighted by Crippen LogP contribution is -2.26. The first-order chi connectivity index (χ1) is 10.7. The first kappa shape index (κ1) is 14.8. The lowest BCUT2D eigenvalue weighted by atomic mass is 10.2. The Morgan fingerprint density at radius 3 is 2.68 bits per heavy atom. The summed E-state index contributed by atoms with van der Waals surface area (Å²) in [6, 6.07) is 11.3. The largest absolute Gasteiger partial charge is 0.352 e. The van der Waals surface area contributed by atoms with Crippen LogP contribution in [0.2, 0.25) is 0 Å². The molecule has 1 saturated heterocycles. The van der Waals surface area contributed by atoms with Crippen LogP contribution in [-0.4, -0.2) is 24.9 Å². The van der Waals surface area contributed by atoms with Crippen molar-refractivity contribution in [2.75, 3.05) is 18.0 Å². The van der Waals surface area contributed by atoms with Gasteiger partial charge in [-0.3, -0.25) is 9.59 Å². The number of benzene rings is 1. The predicted molar refractivity (Wildman–Crippen MR) is 88.4 cm³/mol. The van der Waals surface area contributed by atoms with Crippen molar-refractivity contribution in [3.8, 4) is 0 Å². The zero-order valence-corrected chi connectivity index (χ0v) is 13.1. The Hall–Kier alpha value is -2.14. The smallest absolute Gasteiger partial charge is 0.251 e. The summed E-state index contributed by atoms with van der Waals surface area (Å²) in [5, 5.41) is 4.96. The molecular formula is C17H18N2O2S. The molecule has 3 rings (SSSR count). The standard InChI is InChI=1S/C17H18N2O2S/c20-16-4-1-11-19(16)14-7-5-13(6-8-14)17(21)18-10-9-15-3-2-12-22-15/h2-3,5-8,12H,1,4,9-11H2,(H,18,21). The van der Waals surface area contributed by atoms with Gasteiger partial charge in [0.1, 0.15) is 0 Å². The normalized spacial score (nSPS) is 14.4. The van der Waals surface area contributed by atoms with Crippen molar-refractivity contribution < 1.29 is 9.59 Å². The maximum atomic E-state index is 12.1. The van der Waals surface area contributed by atoms with Crippen molar-refractivity contribution in [3.05, 3.63) is 52.2 Å². The molecule has 1 N–H and O–H groups in total. The molecule has 0 spiro atoms. The van der Waals surface area contributed by atoms with Crippen LogP contribution < -0.4 is 10.2 Å². The van der Waals surface area contributed by atoms with Gasteiger partial charge in [-0.15, -0.1) is 11.3 Å². The van der Waals surface area contributed by atoms with E-state index in [1.807, 2.05) is 23.6 Å². The van der Waals surface area contributed by atoms with E-state index in [0.717, 1.165) is 25.1 Å². The fourth-order valence-corrected chi connectivity index (χ4v) is 3.28. The molecule has 1 aliphatic heterocycles. The number of rotatable bonds is 5. The highest BCUT2D eigenvalue weighted by atomic mass is 32.1. The van der Waals surface area contributed by atoms with Crippen LogP contribution in [0, 0.1) is 0 Å². The van der Waals surface area contributed by atoms with E-state index in [4.69, 9.17) is 0 Å². The van der Waals surface area contributed by atoms with Crippen LogP contribution in [0.1, 0.15) is 28.1 Å². The number of anilines is 1. The van der Waals surface area contributed by atoms with Gasteiger partial charge in [-0.2, -0.15) is 0 Å². The molecule has 2 heterocycles. The van der Waals surface area contributed by atoms with Gasteiger partial charge in [0.2, 0.25) is 5.91 Å². The Balaban J connectivity index is 1.55. The molecule has 2 amide bonds. The van der Waals surface area contributed by atoms with E-state index in [1.165, 1.54) is 4.88 Å². The van der Waals surface area contributed by atoms with E-state index in [9.17, 15) is 9.59 Å². The third kappa shape index (κ3) is 3.36. The molecular weight excluding hydrogens is 296 g/mol. The van der Waals surface area contributed by atoms with Crippen molar-refractivity contribution in [3.63, 3.8) is 0 Å². The summed E-state index contributed by atoms with van der Waals surface area (Å²) in [4.78, 5) is 26.8. The third-order valence-electron chi connectivity index (χ3n) is 3.75. The van der Waals surface area contributed by atoms with Crippen molar-refractivity contribution in [2.24, 2.45) is 0 Å². The van der Waals surface area contributed by atoms with Gasteiger partial charge in [0.25, 0.3) is 5.91 Å². The Bertz CT molecular complexity index is 650. The number of nitrogens with zero attached hydrogens (tertiary/aromatic N) is 1. The minimum Gasteiger partial charge on any atom is -0.352 e. The highest BCUT2D eigenvalue weighted by Crippen LogP contribution is 2.21. The summed E-state index contributed by atoms with van der Waals surface area (Å²) in [6.07, 6.45) is 2.37. The van der Waals surface area contributed by atoms with E-state index in [-0.39, 0.29) is 11.8 Å². The zero-order valence-electron chi connectivity index (χ0n) is 12.2. The number of hydrogen-bond donors (Lipinski definition) is 1. The molecule has 0 saturated carbocycles. The Morgan fingerprint density at radius 1 is 1.23 bits per heavy atom. The Labute approximate surface area is 133 Å². The summed E-state index contributed by atoms with van der Waals surface area (Å²) < 4.78 is 0. The summed E-state index contributed by atoms with van der Waals surface area (Å²) in [5.41, 5.74) is 1.50.